The van der Waals surface area contributed by atoms with E-state index >= 15 is 0 Å². The highest BCUT2D eigenvalue weighted by Gasteiger charge is 2.34. The normalized spacial score (nSPS) is 23.4. The second kappa shape index (κ2) is 6.23. The van der Waals surface area contributed by atoms with E-state index in [9.17, 15) is 13.2 Å². The van der Waals surface area contributed by atoms with Crippen molar-refractivity contribution in [2.45, 2.75) is 45.1 Å². The van der Waals surface area contributed by atoms with Crippen molar-refractivity contribution >= 4 is 5.69 Å². The van der Waals surface area contributed by atoms with Crippen molar-refractivity contribution in [1.82, 2.24) is 0 Å². The molecule has 118 valence electrons. The van der Waals surface area contributed by atoms with Gasteiger partial charge in [0, 0.05) is 18.8 Å². The van der Waals surface area contributed by atoms with E-state index in [0.29, 0.717) is 13.2 Å². The van der Waals surface area contributed by atoms with Crippen molar-refractivity contribution in [3.05, 3.63) is 29.3 Å². The monoisotopic (exact) mass is 302 g/mol. The molecule has 0 radical (unpaired) electrons. The fourth-order valence-corrected chi connectivity index (χ4v) is 2.70. The van der Waals surface area contributed by atoms with E-state index in [1.54, 1.807) is 6.07 Å². The first kappa shape index (κ1) is 16.1. The first-order valence-electron chi connectivity index (χ1n) is 7.15. The van der Waals surface area contributed by atoms with E-state index in [0.717, 1.165) is 18.2 Å². The molecule has 1 saturated heterocycles. The molecule has 0 amide bonds. The van der Waals surface area contributed by atoms with Crippen LogP contribution in [0.4, 0.5) is 18.9 Å². The molecular formula is C15H21F3N2O. The van der Waals surface area contributed by atoms with Crippen molar-refractivity contribution in [3.63, 3.8) is 0 Å². The Morgan fingerprint density at radius 3 is 2.67 bits per heavy atom. The lowest BCUT2D eigenvalue weighted by molar-refractivity contribution is -0.138. The molecule has 2 N–H and O–H groups in total. The molecule has 1 aliphatic heterocycles. The van der Waals surface area contributed by atoms with Gasteiger partial charge in [-0.15, -0.1) is 0 Å². The first-order valence-corrected chi connectivity index (χ1v) is 7.15. The smallest absolute Gasteiger partial charge is 0.375 e. The molecule has 0 aliphatic carbocycles. The Balaban J connectivity index is 2.35. The Hall–Kier alpha value is -1.27. The van der Waals surface area contributed by atoms with E-state index in [1.165, 1.54) is 6.07 Å². The number of halogens is 3. The highest BCUT2D eigenvalue weighted by molar-refractivity contribution is 5.53. The van der Waals surface area contributed by atoms with Crippen LogP contribution in [0.1, 0.15) is 31.4 Å². The number of anilines is 1. The average molecular weight is 302 g/mol. The van der Waals surface area contributed by atoms with Gasteiger partial charge in [0.2, 0.25) is 0 Å². The molecule has 1 fully saturated rings. The lowest BCUT2D eigenvalue weighted by Crippen LogP contribution is -2.48. The van der Waals surface area contributed by atoms with Gasteiger partial charge in [-0.25, -0.2) is 0 Å². The van der Waals surface area contributed by atoms with E-state index in [1.807, 2.05) is 13.8 Å². The Morgan fingerprint density at radius 2 is 2.10 bits per heavy atom. The van der Waals surface area contributed by atoms with Crippen LogP contribution in [0.5, 0.6) is 0 Å². The van der Waals surface area contributed by atoms with E-state index in [-0.39, 0.29) is 24.3 Å². The molecule has 0 aromatic heterocycles. The van der Waals surface area contributed by atoms with Crippen molar-refractivity contribution in [3.8, 4) is 0 Å². The minimum absolute atomic E-state index is 0.0661. The van der Waals surface area contributed by atoms with Gasteiger partial charge in [-0.05, 0) is 37.1 Å². The second-order valence-electron chi connectivity index (χ2n) is 5.40. The third-order valence-electron chi connectivity index (χ3n) is 3.88. The molecule has 3 nitrogen and oxygen atoms in total. The molecular weight excluding hydrogens is 281 g/mol. The topological polar surface area (TPSA) is 38.5 Å². The van der Waals surface area contributed by atoms with E-state index < -0.39 is 11.7 Å². The van der Waals surface area contributed by atoms with Gasteiger partial charge in [-0.3, -0.25) is 0 Å². The Bertz CT molecular complexity index is 490. The van der Waals surface area contributed by atoms with Gasteiger partial charge in [-0.2, -0.15) is 13.2 Å². The molecule has 21 heavy (non-hydrogen) atoms. The van der Waals surface area contributed by atoms with Gasteiger partial charge in [0.15, 0.2) is 0 Å². The number of rotatable bonds is 3. The zero-order valence-electron chi connectivity index (χ0n) is 12.3. The minimum atomic E-state index is -4.37. The van der Waals surface area contributed by atoms with Crippen LogP contribution in [-0.2, 0) is 17.5 Å². The molecule has 1 heterocycles. The van der Waals surface area contributed by atoms with Crippen LogP contribution in [0.25, 0.3) is 0 Å². The highest BCUT2D eigenvalue weighted by Crippen LogP contribution is 2.35. The van der Waals surface area contributed by atoms with Crippen LogP contribution in [0.15, 0.2) is 18.2 Å². The lowest BCUT2D eigenvalue weighted by Gasteiger charge is -2.40. The number of hydrogen-bond acceptors (Lipinski definition) is 3. The Kier molecular flexibility index (Phi) is 4.78. The van der Waals surface area contributed by atoms with Crippen molar-refractivity contribution in [2.75, 3.05) is 18.1 Å². The number of nitrogens with zero attached hydrogens (tertiary/aromatic N) is 1. The molecule has 0 bridgehead atoms. The number of alkyl halides is 3. The molecule has 0 spiro atoms. The molecule has 2 atom stereocenters. The standard InChI is InChI=1S/C15H21F3N2O/c1-3-12-9-21-10(2)8-20(12)13-4-5-14(15(16,17)18)11(6-13)7-19/h4-6,10,12H,3,7-9,19H2,1-2H3. The predicted octanol–water partition coefficient (Wildman–Crippen LogP) is 3.17. The summed E-state index contributed by atoms with van der Waals surface area (Å²) in [4.78, 5) is 2.12. The van der Waals surface area contributed by atoms with Crippen LogP contribution in [0.2, 0.25) is 0 Å². The second-order valence-corrected chi connectivity index (χ2v) is 5.40. The summed E-state index contributed by atoms with van der Waals surface area (Å²) in [5, 5.41) is 0. The number of hydrogen-bond donors (Lipinski definition) is 1. The zero-order chi connectivity index (χ0) is 15.6. The highest BCUT2D eigenvalue weighted by atomic mass is 19.4. The number of ether oxygens (including phenoxy) is 1. The molecule has 6 heteroatoms. The van der Waals surface area contributed by atoms with E-state index in [2.05, 4.69) is 4.90 Å². The lowest BCUT2D eigenvalue weighted by atomic mass is 10.0. The van der Waals surface area contributed by atoms with Crippen LogP contribution >= 0.6 is 0 Å². The summed E-state index contributed by atoms with van der Waals surface area (Å²) in [6.07, 6.45) is -3.42. The zero-order valence-corrected chi connectivity index (χ0v) is 12.3. The third-order valence-corrected chi connectivity index (χ3v) is 3.88. The first-order chi connectivity index (χ1) is 9.86. The summed E-state index contributed by atoms with van der Waals surface area (Å²) in [6.45, 7) is 5.15. The number of nitrogens with two attached hydrogens (primary N) is 1. The average Bonchev–Trinajstić information content (AvgIpc) is 2.45. The van der Waals surface area contributed by atoms with Gasteiger partial charge in [0.05, 0.1) is 24.3 Å². The maximum Gasteiger partial charge on any atom is 0.416 e. The third kappa shape index (κ3) is 3.49. The molecule has 1 aliphatic rings. The van der Waals surface area contributed by atoms with Crippen LogP contribution in [0, 0.1) is 0 Å². The van der Waals surface area contributed by atoms with Crippen LogP contribution in [-0.4, -0.2) is 25.3 Å². The maximum absolute atomic E-state index is 12.9. The molecule has 1 aromatic carbocycles. The summed E-state index contributed by atoms with van der Waals surface area (Å²) in [6, 6.07) is 4.40. The summed E-state index contributed by atoms with van der Waals surface area (Å²) < 4.78 is 44.4. The number of benzene rings is 1. The largest absolute Gasteiger partial charge is 0.416 e. The van der Waals surface area contributed by atoms with Crippen LogP contribution < -0.4 is 10.6 Å². The van der Waals surface area contributed by atoms with E-state index in [4.69, 9.17) is 10.5 Å². The summed E-state index contributed by atoms with van der Waals surface area (Å²) in [5.41, 5.74) is 5.76. The minimum Gasteiger partial charge on any atom is -0.375 e. The fourth-order valence-electron chi connectivity index (χ4n) is 2.70. The van der Waals surface area contributed by atoms with Crippen LogP contribution in [0.3, 0.4) is 0 Å². The summed E-state index contributed by atoms with van der Waals surface area (Å²) in [5.74, 6) is 0. The summed E-state index contributed by atoms with van der Waals surface area (Å²) >= 11 is 0. The van der Waals surface area contributed by atoms with Crippen molar-refractivity contribution in [2.24, 2.45) is 5.73 Å². The van der Waals surface area contributed by atoms with Gasteiger partial charge < -0.3 is 15.4 Å². The van der Waals surface area contributed by atoms with Gasteiger partial charge in [-0.1, -0.05) is 6.92 Å². The SMILES string of the molecule is CCC1COC(C)CN1c1ccc(C(F)(F)F)c(CN)c1. The van der Waals surface area contributed by atoms with Gasteiger partial charge in [0.25, 0.3) is 0 Å². The molecule has 0 saturated carbocycles. The Morgan fingerprint density at radius 1 is 1.38 bits per heavy atom. The van der Waals surface area contributed by atoms with Crippen molar-refractivity contribution < 1.29 is 17.9 Å². The quantitative estimate of drug-likeness (QED) is 0.932. The van der Waals surface area contributed by atoms with Crippen molar-refractivity contribution in [1.29, 1.82) is 0 Å². The van der Waals surface area contributed by atoms with Gasteiger partial charge in [0.1, 0.15) is 0 Å². The molecule has 1 aromatic rings. The summed E-state index contributed by atoms with van der Waals surface area (Å²) in [7, 11) is 0. The molecule has 2 rings (SSSR count). The maximum atomic E-state index is 12.9. The predicted molar refractivity (Wildman–Crippen MR) is 76.2 cm³/mol. The number of morpholine rings is 1. The van der Waals surface area contributed by atoms with Gasteiger partial charge >= 0.3 is 6.18 Å². The fraction of sp³-hybridized carbons (Fsp3) is 0.600. The Labute approximate surface area is 122 Å². The molecule has 2 unspecified atom stereocenters.